The number of nitrogens with one attached hydrogen (secondary N) is 1. The zero-order valence-corrected chi connectivity index (χ0v) is 14.9. The van der Waals surface area contributed by atoms with Gasteiger partial charge >= 0.3 is 0 Å². The monoisotopic (exact) mass is 341 g/mol. The van der Waals surface area contributed by atoms with Crippen molar-refractivity contribution in [1.82, 2.24) is 14.7 Å². The number of aromatic nitrogens is 2. The van der Waals surface area contributed by atoms with Crippen LogP contribution in [0.5, 0.6) is 0 Å². The number of halogens is 1. The van der Waals surface area contributed by atoms with Gasteiger partial charge in [0.1, 0.15) is 5.82 Å². The number of hydrogen-bond acceptors (Lipinski definition) is 5. The first kappa shape index (κ1) is 16.7. The molecule has 0 fully saturated rings. The van der Waals surface area contributed by atoms with Crippen LogP contribution in [0.1, 0.15) is 44.6 Å². The molecule has 0 spiro atoms. The summed E-state index contributed by atoms with van der Waals surface area (Å²) in [5, 5.41) is 4.26. The second kappa shape index (κ2) is 8.13. The van der Waals surface area contributed by atoms with E-state index in [1.807, 2.05) is 6.07 Å². The predicted molar refractivity (Wildman–Crippen MR) is 91.6 cm³/mol. The van der Waals surface area contributed by atoms with Gasteiger partial charge in [0.25, 0.3) is 0 Å². The summed E-state index contributed by atoms with van der Waals surface area (Å²) in [6.45, 7) is 7.36. The minimum Gasteiger partial charge on any atom is -0.310 e. The normalized spacial score (nSPS) is 12.6. The van der Waals surface area contributed by atoms with Crippen molar-refractivity contribution in [3.63, 3.8) is 0 Å². The molecule has 1 aromatic carbocycles. The van der Waals surface area contributed by atoms with Crippen molar-refractivity contribution in [1.29, 1.82) is 0 Å². The topological polar surface area (TPSA) is 37.8 Å². The molecule has 0 saturated heterocycles. The van der Waals surface area contributed by atoms with Crippen molar-refractivity contribution in [2.24, 2.45) is 0 Å². The molecule has 0 aliphatic rings. The summed E-state index contributed by atoms with van der Waals surface area (Å²) in [7, 11) is 0. The van der Waals surface area contributed by atoms with Crippen LogP contribution in [0.15, 0.2) is 27.4 Å². The smallest absolute Gasteiger partial charge is 0.174 e. The van der Waals surface area contributed by atoms with E-state index in [1.165, 1.54) is 11.5 Å². The first-order valence-electron chi connectivity index (χ1n) is 7.17. The minimum atomic E-state index is 0.268. The molecule has 0 amide bonds. The van der Waals surface area contributed by atoms with Crippen LogP contribution in [0.4, 0.5) is 0 Å². The van der Waals surface area contributed by atoms with E-state index in [2.05, 4.69) is 47.6 Å². The number of benzene rings is 1. The highest BCUT2D eigenvalue weighted by atomic mass is 35.5. The van der Waals surface area contributed by atoms with E-state index in [-0.39, 0.29) is 6.04 Å². The van der Waals surface area contributed by atoms with Gasteiger partial charge in [-0.25, -0.2) is 4.98 Å². The van der Waals surface area contributed by atoms with Crippen molar-refractivity contribution in [3.8, 4) is 0 Å². The molecule has 1 heterocycles. The lowest BCUT2D eigenvalue weighted by atomic mass is 10.1. The van der Waals surface area contributed by atoms with Crippen LogP contribution in [0.2, 0.25) is 5.02 Å². The van der Waals surface area contributed by atoms with Crippen molar-refractivity contribution < 1.29 is 0 Å². The fourth-order valence-corrected chi connectivity index (χ4v) is 4.04. The molecule has 3 nitrogen and oxygen atoms in total. The number of nitrogens with zero attached hydrogens (tertiary/aromatic N) is 2. The summed E-state index contributed by atoms with van der Waals surface area (Å²) in [5.41, 5.74) is 1.14. The molecular formula is C15H20ClN3S2. The van der Waals surface area contributed by atoms with Crippen LogP contribution in [0.25, 0.3) is 0 Å². The molecule has 1 aromatic heterocycles. The van der Waals surface area contributed by atoms with E-state index >= 15 is 0 Å². The third kappa shape index (κ3) is 4.68. The Labute approximate surface area is 139 Å². The highest BCUT2D eigenvalue weighted by molar-refractivity contribution is 8.01. The van der Waals surface area contributed by atoms with Crippen LogP contribution in [-0.4, -0.2) is 15.9 Å². The molecule has 1 unspecified atom stereocenters. The summed E-state index contributed by atoms with van der Waals surface area (Å²) in [5.74, 6) is 0.905. The SMILES string of the molecule is CCCNC(C)c1ccc(Sc2nc(CC)ns2)cc1Cl. The maximum atomic E-state index is 6.42. The molecule has 0 aliphatic carbocycles. The zero-order chi connectivity index (χ0) is 15.2. The third-order valence-corrected chi connectivity index (χ3v) is 5.22. The quantitative estimate of drug-likeness (QED) is 0.771. The molecule has 1 N–H and O–H groups in total. The van der Waals surface area contributed by atoms with E-state index in [9.17, 15) is 0 Å². The summed E-state index contributed by atoms with van der Waals surface area (Å²) in [4.78, 5) is 5.57. The molecule has 0 aliphatic heterocycles. The van der Waals surface area contributed by atoms with Crippen molar-refractivity contribution in [2.45, 2.75) is 48.9 Å². The van der Waals surface area contributed by atoms with Gasteiger partial charge < -0.3 is 5.32 Å². The van der Waals surface area contributed by atoms with Gasteiger partial charge in [0, 0.05) is 22.4 Å². The molecule has 114 valence electrons. The van der Waals surface area contributed by atoms with Crippen molar-refractivity contribution in [3.05, 3.63) is 34.6 Å². The minimum absolute atomic E-state index is 0.268. The molecule has 0 saturated carbocycles. The average Bonchev–Trinajstić information content (AvgIpc) is 2.92. The van der Waals surface area contributed by atoms with E-state index in [0.717, 1.165) is 45.0 Å². The Morgan fingerprint density at radius 1 is 1.38 bits per heavy atom. The van der Waals surface area contributed by atoms with E-state index in [0.29, 0.717) is 0 Å². The number of rotatable bonds is 7. The highest BCUT2D eigenvalue weighted by Gasteiger charge is 2.11. The summed E-state index contributed by atoms with van der Waals surface area (Å²) in [6, 6.07) is 6.48. The standard InChI is InChI=1S/C15H20ClN3S2/c1-4-8-17-10(3)12-7-6-11(9-13(12)16)20-15-18-14(5-2)19-21-15/h6-7,9-10,17H,4-5,8H2,1-3H3. The fourth-order valence-electron chi connectivity index (χ4n) is 1.92. The largest absolute Gasteiger partial charge is 0.310 e. The third-order valence-electron chi connectivity index (χ3n) is 3.11. The zero-order valence-electron chi connectivity index (χ0n) is 12.5. The van der Waals surface area contributed by atoms with Crippen LogP contribution in [0.3, 0.4) is 0 Å². The van der Waals surface area contributed by atoms with Gasteiger partial charge in [-0.2, -0.15) is 4.37 Å². The number of hydrogen-bond donors (Lipinski definition) is 1. The van der Waals surface area contributed by atoms with Crippen LogP contribution >= 0.6 is 34.9 Å². The Balaban J connectivity index is 2.07. The molecule has 0 bridgehead atoms. The van der Waals surface area contributed by atoms with Gasteiger partial charge in [0.15, 0.2) is 4.34 Å². The summed E-state index contributed by atoms with van der Waals surface area (Å²) >= 11 is 9.48. The van der Waals surface area contributed by atoms with Crippen LogP contribution < -0.4 is 5.32 Å². The molecular weight excluding hydrogens is 322 g/mol. The Hall–Kier alpha value is -0.620. The fraction of sp³-hybridized carbons (Fsp3) is 0.467. The maximum Gasteiger partial charge on any atom is 0.174 e. The molecule has 0 radical (unpaired) electrons. The number of aryl methyl sites for hydroxylation is 1. The van der Waals surface area contributed by atoms with Gasteiger partial charge in [0.2, 0.25) is 0 Å². The van der Waals surface area contributed by atoms with Gasteiger partial charge in [-0.15, -0.1) is 0 Å². The van der Waals surface area contributed by atoms with Crippen LogP contribution in [-0.2, 0) is 6.42 Å². The summed E-state index contributed by atoms with van der Waals surface area (Å²) < 4.78 is 5.27. The lowest BCUT2D eigenvalue weighted by molar-refractivity contribution is 0.570. The van der Waals surface area contributed by atoms with Crippen molar-refractivity contribution >= 4 is 34.9 Å². The predicted octanol–water partition coefficient (Wildman–Crippen LogP) is 4.97. The Morgan fingerprint density at radius 2 is 2.19 bits per heavy atom. The molecule has 21 heavy (non-hydrogen) atoms. The van der Waals surface area contributed by atoms with Gasteiger partial charge in [-0.3, -0.25) is 0 Å². The second-order valence-corrected chi connectivity index (χ2v) is 7.27. The Kier molecular flexibility index (Phi) is 6.48. The molecule has 6 heteroatoms. The summed E-state index contributed by atoms with van der Waals surface area (Å²) in [6.07, 6.45) is 1.99. The van der Waals surface area contributed by atoms with Crippen molar-refractivity contribution in [2.75, 3.05) is 6.54 Å². The van der Waals surface area contributed by atoms with E-state index in [1.54, 1.807) is 11.8 Å². The van der Waals surface area contributed by atoms with E-state index in [4.69, 9.17) is 11.6 Å². The van der Waals surface area contributed by atoms with E-state index < -0.39 is 0 Å². The highest BCUT2D eigenvalue weighted by Crippen LogP contribution is 2.33. The lowest BCUT2D eigenvalue weighted by Crippen LogP contribution is -2.19. The van der Waals surface area contributed by atoms with Gasteiger partial charge in [-0.1, -0.05) is 43.3 Å². The van der Waals surface area contributed by atoms with Gasteiger partial charge in [-0.05, 0) is 49.1 Å². The first-order valence-corrected chi connectivity index (χ1v) is 9.14. The Morgan fingerprint density at radius 3 is 2.81 bits per heavy atom. The Bertz CT molecular complexity index is 586. The first-order chi connectivity index (χ1) is 10.1. The van der Waals surface area contributed by atoms with Crippen LogP contribution in [0, 0.1) is 0 Å². The van der Waals surface area contributed by atoms with Gasteiger partial charge in [0.05, 0.1) is 0 Å². The average molecular weight is 342 g/mol. The molecule has 2 aromatic rings. The lowest BCUT2D eigenvalue weighted by Gasteiger charge is -2.15. The molecule has 2 rings (SSSR count). The maximum absolute atomic E-state index is 6.42. The molecule has 1 atom stereocenters. The second-order valence-electron chi connectivity index (χ2n) is 4.79.